The maximum Gasteiger partial charge on any atom is 0.294 e. The molecule has 24 heavy (non-hydrogen) atoms. The summed E-state index contributed by atoms with van der Waals surface area (Å²) in [6, 6.07) is 10.7. The summed E-state index contributed by atoms with van der Waals surface area (Å²) in [4.78, 5) is 10.2. The van der Waals surface area contributed by atoms with E-state index in [4.69, 9.17) is 9.88 Å². The van der Waals surface area contributed by atoms with E-state index in [1.807, 2.05) is 13.0 Å². The zero-order valence-corrected chi connectivity index (χ0v) is 13.7. The third-order valence-electron chi connectivity index (χ3n) is 3.17. The number of benzene rings is 2. The Morgan fingerprint density at radius 3 is 2.62 bits per heavy atom. The third-order valence-corrected chi connectivity index (χ3v) is 4.08. The Labute approximate surface area is 139 Å². The number of ether oxygens (including phenoxy) is 1. The molecule has 0 aromatic heterocycles. The largest absolute Gasteiger partial charge is 0.377 e. The number of nitro groups is 1. The maximum atomic E-state index is 11.3. The molecule has 0 atom stereocenters. The summed E-state index contributed by atoms with van der Waals surface area (Å²) in [6.45, 7) is 2.90. The predicted octanol–water partition coefficient (Wildman–Crippen LogP) is 2.52. The Morgan fingerprint density at radius 1 is 1.25 bits per heavy atom. The topological polar surface area (TPSA) is 125 Å². The van der Waals surface area contributed by atoms with Crippen LogP contribution in [0.25, 0.3) is 0 Å². The van der Waals surface area contributed by atoms with Gasteiger partial charge in [-0.1, -0.05) is 12.1 Å². The summed E-state index contributed by atoms with van der Waals surface area (Å²) < 4.78 is 28.0. The van der Waals surface area contributed by atoms with Crippen molar-refractivity contribution in [3.63, 3.8) is 0 Å². The Hall–Kier alpha value is -2.49. The van der Waals surface area contributed by atoms with Crippen LogP contribution in [0.15, 0.2) is 47.4 Å². The second-order valence-corrected chi connectivity index (χ2v) is 6.51. The predicted molar refractivity (Wildman–Crippen MR) is 89.5 cm³/mol. The highest BCUT2D eigenvalue weighted by Crippen LogP contribution is 2.30. The van der Waals surface area contributed by atoms with Crippen LogP contribution in [0, 0.1) is 10.1 Å². The SMILES string of the molecule is CCOCc1cccc(Nc2ccc(S(N)(=O)=O)cc2[N+](=O)[O-])c1. The number of sulfonamides is 1. The number of anilines is 2. The van der Waals surface area contributed by atoms with Gasteiger partial charge in [-0.15, -0.1) is 0 Å². The third kappa shape index (κ3) is 4.51. The fourth-order valence-corrected chi connectivity index (χ4v) is 2.59. The normalized spacial score (nSPS) is 11.2. The van der Waals surface area contributed by atoms with Crippen molar-refractivity contribution in [3.8, 4) is 0 Å². The van der Waals surface area contributed by atoms with Gasteiger partial charge in [0.2, 0.25) is 10.0 Å². The van der Waals surface area contributed by atoms with E-state index >= 15 is 0 Å². The fraction of sp³-hybridized carbons (Fsp3) is 0.200. The molecule has 2 rings (SSSR count). The van der Waals surface area contributed by atoms with Crippen molar-refractivity contribution in [1.82, 2.24) is 0 Å². The Bertz CT molecular complexity index is 852. The van der Waals surface area contributed by atoms with E-state index in [0.29, 0.717) is 18.9 Å². The molecule has 0 aliphatic heterocycles. The van der Waals surface area contributed by atoms with Crippen LogP contribution in [-0.4, -0.2) is 19.9 Å². The van der Waals surface area contributed by atoms with Gasteiger partial charge in [0.25, 0.3) is 5.69 Å². The highest BCUT2D eigenvalue weighted by atomic mass is 32.2. The molecule has 0 spiro atoms. The maximum absolute atomic E-state index is 11.3. The Morgan fingerprint density at radius 2 is 2.00 bits per heavy atom. The van der Waals surface area contributed by atoms with Gasteiger partial charge in [0.1, 0.15) is 5.69 Å². The lowest BCUT2D eigenvalue weighted by atomic mass is 10.2. The summed E-state index contributed by atoms with van der Waals surface area (Å²) in [7, 11) is -4.01. The van der Waals surface area contributed by atoms with Crippen LogP contribution in [0.2, 0.25) is 0 Å². The van der Waals surface area contributed by atoms with E-state index in [-0.39, 0.29) is 16.3 Å². The van der Waals surface area contributed by atoms with Gasteiger partial charge in [0, 0.05) is 18.4 Å². The van der Waals surface area contributed by atoms with Crippen molar-refractivity contribution in [2.24, 2.45) is 5.14 Å². The first-order valence-corrected chi connectivity index (χ1v) is 8.61. The van der Waals surface area contributed by atoms with E-state index in [2.05, 4.69) is 5.32 Å². The van der Waals surface area contributed by atoms with Gasteiger partial charge in [-0.25, -0.2) is 13.6 Å². The number of primary sulfonamides is 1. The molecule has 0 fully saturated rings. The summed E-state index contributed by atoms with van der Waals surface area (Å²) >= 11 is 0. The van der Waals surface area contributed by atoms with Crippen molar-refractivity contribution in [2.75, 3.05) is 11.9 Å². The number of nitrogens with two attached hydrogens (primary N) is 1. The van der Waals surface area contributed by atoms with Gasteiger partial charge >= 0.3 is 0 Å². The smallest absolute Gasteiger partial charge is 0.294 e. The van der Waals surface area contributed by atoms with Gasteiger partial charge in [-0.2, -0.15) is 0 Å². The first kappa shape index (κ1) is 17.9. The molecule has 0 amide bonds. The minimum Gasteiger partial charge on any atom is -0.377 e. The molecule has 0 aliphatic rings. The minimum absolute atomic E-state index is 0.168. The van der Waals surface area contributed by atoms with E-state index in [9.17, 15) is 18.5 Å². The van der Waals surface area contributed by atoms with Crippen LogP contribution < -0.4 is 10.5 Å². The standard InChI is InChI=1S/C15H17N3O5S/c1-2-23-10-11-4-3-5-12(8-11)17-14-7-6-13(24(16,21)22)9-15(14)18(19)20/h3-9,17H,2,10H2,1H3,(H2,16,21,22). The molecule has 0 saturated carbocycles. The summed E-state index contributed by atoms with van der Waals surface area (Å²) in [5, 5.41) is 19.1. The molecular weight excluding hydrogens is 334 g/mol. The summed E-state index contributed by atoms with van der Waals surface area (Å²) in [5.74, 6) is 0. The highest BCUT2D eigenvalue weighted by Gasteiger charge is 2.19. The molecule has 0 unspecified atom stereocenters. The molecule has 0 heterocycles. The minimum atomic E-state index is -4.01. The van der Waals surface area contributed by atoms with Gasteiger partial charge in [0.15, 0.2) is 0 Å². The first-order chi connectivity index (χ1) is 11.3. The van der Waals surface area contributed by atoms with Crippen molar-refractivity contribution in [2.45, 2.75) is 18.4 Å². The van der Waals surface area contributed by atoms with Gasteiger partial charge in [0.05, 0.1) is 16.4 Å². The number of nitrogens with one attached hydrogen (secondary N) is 1. The van der Waals surface area contributed by atoms with Crippen molar-refractivity contribution >= 4 is 27.1 Å². The van der Waals surface area contributed by atoms with Crippen molar-refractivity contribution in [3.05, 3.63) is 58.1 Å². The molecule has 0 radical (unpaired) electrons. The average Bonchev–Trinajstić information content (AvgIpc) is 2.52. The summed E-state index contributed by atoms with van der Waals surface area (Å²) in [5.41, 5.74) is 1.32. The molecule has 9 heteroatoms. The van der Waals surface area contributed by atoms with Crippen LogP contribution in [0.5, 0.6) is 0 Å². The molecule has 2 aromatic rings. The molecule has 2 aromatic carbocycles. The number of nitrogens with zero attached hydrogens (tertiary/aromatic N) is 1. The lowest BCUT2D eigenvalue weighted by Gasteiger charge is -2.10. The fourth-order valence-electron chi connectivity index (χ4n) is 2.06. The van der Waals surface area contributed by atoms with Crippen molar-refractivity contribution in [1.29, 1.82) is 0 Å². The molecule has 0 saturated heterocycles. The molecule has 128 valence electrons. The Balaban J connectivity index is 2.34. The zero-order chi connectivity index (χ0) is 17.7. The van der Waals surface area contributed by atoms with E-state index in [1.54, 1.807) is 18.2 Å². The molecule has 0 bridgehead atoms. The Kier molecular flexibility index (Phi) is 5.50. The lowest BCUT2D eigenvalue weighted by Crippen LogP contribution is -2.12. The molecular formula is C15H17N3O5S. The highest BCUT2D eigenvalue weighted by molar-refractivity contribution is 7.89. The van der Waals surface area contributed by atoms with Crippen LogP contribution in [0.1, 0.15) is 12.5 Å². The van der Waals surface area contributed by atoms with Crippen LogP contribution in [0.4, 0.5) is 17.1 Å². The lowest BCUT2D eigenvalue weighted by molar-refractivity contribution is -0.384. The monoisotopic (exact) mass is 351 g/mol. The van der Waals surface area contributed by atoms with Crippen LogP contribution >= 0.6 is 0 Å². The van der Waals surface area contributed by atoms with Crippen molar-refractivity contribution < 1.29 is 18.1 Å². The second-order valence-electron chi connectivity index (χ2n) is 4.94. The quantitative estimate of drug-likeness (QED) is 0.583. The zero-order valence-electron chi connectivity index (χ0n) is 12.9. The number of hydrogen-bond acceptors (Lipinski definition) is 6. The van der Waals surface area contributed by atoms with E-state index < -0.39 is 14.9 Å². The summed E-state index contributed by atoms with van der Waals surface area (Å²) in [6.07, 6.45) is 0. The number of rotatable bonds is 7. The van der Waals surface area contributed by atoms with E-state index in [1.165, 1.54) is 12.1 Å². The van der Waals surface area contributed by atoms with Gasteiger partial charge in [-0.3, -0.25) is 10.1 Å². The van der Waals surface area contributed by atoms with Gasteiger partial charge in [-0.05, 0) is 36.8 Å². The van der Waals surface area contributed by atoms with Crippen LogP contribution in [0.3, 0.4) is 0 Å². The second kappa shape index (κ2) is 7.39. The number of hydrogen-bond donors (Lipinski definition) is 2. The molecule has 0 aliphatic carbocycles. The molecule has 3 N–H and O–H groups in total. The van der Waals surface area contributed by atoms with Gasteiger partial charge < -0.3 is 10.1 Å². The first-order valence-electron chi connectivity index (χ1n) is 7.06. The van der Waals surface area contributed by atoms with Crippen LogP contribution in [-0.2, 0) is 21.4 Å². The van der Waals surface area contributed by atoms with E-state index in [0.717, 1.165) is 11.6 Å². The average molecular weight is 351 g/mol. The number of nitro benzene ring substituents is 1. The molecule has 8 nitrogen and oxygen atoms in total.